The molecular formula is C12H17ClN2OS. The maximum atomic E-state index is 12.0. The van der Waals surface area contributed by atoms with Gasteiger partial charge in [0.15, 0.2) is 5.78 Å². The maximum absolute atomic E-state index is 12.0. The number of Topliss-reactive ketones (excluding diaryl/α,β-unsaturated/α-hetero) is 1. The van der Waals surface area contributed by atoms with Crippen molar-refractivity contribution in [3.8, 4) is 0 Å². The van der Waals surface area contributed by atoms with Crippen LogP contribution in [0.2, 0.25) is 5.02 Å². The Balaban J connectivity index is 1.89. The van der Waals surface area contributed by atoms with Crippen LogP contribution in [0, 0.1) is 0 Å². The lowest BCUT2D eigenvalue weighted by Gasteiger charge is -2.20. The van der Waals surface area contributed by atoms with Gasteiger partial charge in [0.25, 0.3) is 0 Å². The molecule has 94 valence electrons. The van der Waals surface area contributed by atoms with Crippen molar-refractivity contribution in [1.29, 1.82) is 0 Å². The van der Waals surface area contributed by atoms with Crippen LogP contribution in [0.15, 0.2) is 6.20 Å². The van der Waals surface area contributed by atoms with Crippen molar-refractivity contribution >= 4 is 29.1 Å². The Labute approximate surface area is 111 Å². The third-order valence-electron chi connectivity index (χ3n) is 3.16. The highest BCUT2D eigenvalue weighted by Gasteiger charge is 2.19. The minimum Gasteiger partial charge on any atom is -0.291 e. The van der Waals surface area contributed by atoms with Crippen molar-refractivity contribution in [1.82, 2.24) is 9.78 Å². The summed E-state index contributed by atoms with van der Waals surface area (Å²) in [5.74, 6) is 0.606. The number of ketones is 1. The molecule has 0 N–H and O–H groups in total. The number of thioether (sulfide) groups is 1. The van der Waals surface area contributed by atoms with Gasteiger partial charge in [0.2, 0.25) is 0 Å². The molecule has 1 aromatic rings. The number of hydrogen-bond acceptors (Lipinski definition) is 3. The lowest BCUT2D eigenvalue weighted by Crippen LogP contribution is -2.14. The topological polar surface area (TPSA) is 34.9 Å². The zero-order valence-electron chi connectivity index (χ0n) is 9.99. The molecule has 1 saturated carbocycles. The van der Waals surface area contributed by atoms with Crippen LogP contribution >= 0.6 is 23.4 Å². The second kappa shape index (κ2) is 5.91. The third kappa shape index (κ3) is 3.26. The summed E-state index contributed by atoms with van der Waals surface area (Å²) in [6.45, 7) is 0. The molecule has 1 fully saturated rings. The standard InChI is InChI=1S/C12H17ClN2OS/c1-15-12(10(13)7-14-15)11(16)8-17-9-5-3-2-4-6-9/h7,9H,2-6,8H2,1H3. The van der Waals surface area contributed by atoms with Gasteiger partial charge in [-0.05, 0) is 12.8 Å². The van der Waals surface area contributed by atoms with E-state index in [1.165, 1.54) is 38.3 Å². The summed E-state index contributed by atoms with van der Waals surface area (Å²) in [5.41, 5.74) is 0.537. The fraction of sp³-hybridized carbons (Fsp3) is 0.667. The smallest absolute Gasteiger partial charge is 0.192 e. The monoisotopic (exact) mass is 272 g/mol. The molecule has 0 saturated heterocycles. The zero-order chi connectivity index (χ0) is 12.3. The number of rotatable bonds is 4. The average Bonchev–Trinajstić information content (AvgIpc) is 2.67. The molecule has 0 amide bonds. The normalized spacial score (nSPS) is 17.3. The summed E-state index contributed by atoms with van der Waals surface area (Å²) in [4.78, 5) is 12.0. The van der Waals surface area contributed by atoms with Crippen molar-refractivity contribution < 1.29 is 4.79 Å². The van der Waals surface area contributed by atoms with E-state index in [2.05, 4.69) is 5.10 Å². The quantitative estimate of drug-likeness (QED) is 0.789. The molecule has 1 aliphatic carbocycles. The fourth-order valence-corrected chi connectivity index (χ4v) is 3.68. The lowest BCUT2D eigenvalue weighted by atomic mass is 10.0. The Morgan fingerprint density at radius 3 is 2.82 bits per heavy atom. The number of carbonyl (C=O) groups is 1. The Morgan fingerprint density at radius 2 is 2.24 bits per heavy atom. The SMILES string of the molecule is Cn1ncc(Cl)c1C(=O)CSC1CCCCC1. The van der Waals surface area contributed by atoms with E-state index in [1.807, 2.05) is 0 Å². The van der Waals surface area contributed by atoms with E-state index < -0.39 is 0 Å². The molecule has 0 unspecified atom stereocenters. The summed E-state index contributed by atoms with van der Waals surface area (Å²) in [7, 11) is 1.75. The molecule has 0 aliphatic heterocycles. The van der Waals surface area contributed by atoms with Crippen LogP contribution < -0.4 is 0 Å². The van der Waals surface area contributed by atoms with E-state index in [0.717, 1.165) is 0 Å². The number of nitrogens with zero attached hydrogens (tertiary/aromatic N) is 2. The van der Waals surface area contributed by atoms with Crippen molar-refractivity contribution in [3.63, 3.8) is 0 Å². The zero-order valence-corrected chi connectivity index (χ0v) is 11.6. The Bertz CT molecular complexity index is 380. The van der Waals surface area contributed by atoms with Gasteiger partial charge in [0, 0.05) is 12.3 Å². The summed E-state index contributed by atoms with van der Waals surface area (Å²) in [6, 6.07) is 0. The van der Waals surface area contributed by atoms with Gasteiger partial charge in [-0.2, -0.15) is 16.9 Å². The highest BCUT2D eigenvalue weighted by atomic mass is 35.5. The van der Waals surface area contributed by atoms with Crippen molar-refractivity contribution in [3.05, 3.63) is 16.9 Å². The highest BCUT2D eigenvalue weighted by Crippen LogP contribution is 2.29. The van der Waals surface area contributed by atoms with E-state index in [1.54, 1.807) is 23.5 Å². The van der Waals surface area contributed by atoms with Crippen LogP contribution in [0.1, 0.15) is 42.6 Å². The first-order valence-corrected chi connectivity index (χ1v) is 7.43. The highest BCUT2D eigenvalue weighted by molar-refractivity contribution is 8.00. The van der Waals surface area contributed by atoms with Crippen LogP contribution in [0.25, 0.3) is 0 Å². The molecular weight excluding hydrogens is 256 g/mol. The van der Waals surface area contributed by atoms with E-state index >= 15 is 0 Å². The van der Waals surface area contributed by atoms with Gasteiger partial charge >= 0.3 is 0 Å². The minimum absolute atomic E-state index is 0.0885. The van der Waals surface area contributed by atoms with Crippen LogP contribution in [0.3, 0.4) is 0 Å². The van der Waals surface area contributed by atoms with Gasteiger partial charge in [0.05, 0.1) is 17.0 Å². The van der Waals surface area contributed by atoms with Gasteiger partial charge < -0.3 is 0 Å². The van der Waals surface area contributed by atoms with Gasteiger partial charge in [-0.15, -0.1) is 0 Å². The number of aryl methyl sites for hydroxylation is 1. The summed E-state index contributed by atoms with van der Waals surface area (Å²) in [5, 5.41) is 5.10. The predicted molar refractivity (Wildman–Crippen MR) is 71.9 cm³/mol. The Kier molecular flexibility index (Phi) is 4.51. The van der Waals surface area contributed by atoms with E-state index in [9.17, 15) is 4.79 Å². The molecule has 1 aliphatic rings. The van der Waals surface area contributed by atoms with Crippen LogP contribution in [-0.2, 0) is 7.05 Å². The van der Waals surface area contributed by atoms with Gasteiger partial charge in [-0.1, -0.05) is 30.9 Å². The van der Waals surface area contributed by atoms with Crippen molar-refractivity contribution in [2.24, 2.45) is 7.05 Å². The number of halogens is 1. The van der Waals surface area contributed by atoms with Crippen molar-refractivity contribution in [2.45, 2.75) is 37.4 Å². The van der Waals surface area contributed by atoms with Crippen LogP contribution in [0.5, 0.6) is 0 Å². The van der Waals surface area contributed by atoms with Gasteiger partial charge in [-0.3, -0.25) is 9.48 Å². The molecule has 0 atom stereocenters. The Morgan fingerprint density at radius 1 is 1.53 bits per heavy atom. The molecule has 0 radical (unpaired) electrons. The van der Waals surface area contributed by atoms with E-state index in [0.29, 0.717) is 21.7 Å². The van der Waals surface area contributed by atoms with Gasteiger partial charge in [0.1, 0.15) is 5.69 Å². The second-order valence-corrected chi connectivity index (χ2v) is 6.15. The van der Waals surface area contributed by atoms with Crippen molar-refractivity contribution in [2.75, 3.05) is 5.75 Å². The second-order valence-electron chi connectivity index (χ2n) is 4.46. The minimum atomic E-state index is 0.0885. The molecule has 0 aromatic carbocycles. The first-order chi connectivity index (χ1) is 8.18. The van der Waals surface area contributed by atoms with E-state index in [4.69, 9.17) is 11.6 Å². The lowest BCUT2D eigenvalue weighted by molar-refractivity contribution is 0.101. The maximum Gasteiger partial charge on any atom is 0.192 e. The average molecular weight is 273 g/mol. The molecule has 1 aromatic heterocycles. The molecule has 1 heterocycles. The first kappa shape index (κ1) is 13.0. The van der Waals surface area contributed by atoms with Crippen LogP contribution in [-0.4, -0.2) is 26.6 Å². The third-order valence-corrected chi connectivity index (χ3v) is 4.81. The summed E-state index contributed by atoms with van der Waals surface area (Å²) in [6.07, 6.45) is 7.98. The fourth-order valence-electron chi connectivity index (χ4n) is 2.22. The van der Waals surface area contributed by atoms with Gasteiger partial charge in [-0.25, -0.2) is 0 Å². The number of hydrogen-bond donors (Lipinski definition) is 0. The molecule has 0 spiro atoms. The largest absolute Gasteiger partial charge is 0.291 e. The van der Waals surface area contributed by atoms with E-state index in [-0.39, 0.29) is 5.78 Å². The summed E-state index contributed by atoms with van der Waals surface area (Å²) >= 11 is 7.72. The summed E-state index contributed by atoms with van der Waals surface area (Å²) < 4.78 is 1.56. The predicted octanol–water partition coefficient (Wildman–Crippen LogP) is 3.32. The van der Waals surface area contributed by atoms with Crippen LogP contribution in [0.4, 0.5) is 0 Å². The molecule has 17 heavy (non-hydrogen) atoms. The first-order valence-electron chi connectivity index (χ1n) is 6.01. The number of aromatic nitrogens is 2. The number of carbonyl (C=O) groups excluding carboxylic acids is 1. The molecule has 3 nitrogen and oxygen atoms in total. The molecule has 5 heteroatoms. The molecule has 2 rings (SSSR count). The molecule has 0 bridgehead atoms. The Hall–Kier alpha value is -0.480.